The van der Waals surface area contributed by atoms with E-state index in [4.69, 9.17) is 22.4 Å². The van der Waals surface area contributed by atoms with Gasteiger partial charge in [0, 0.05) is 11.6 Å². The minimum Gasteiger partial charge on any atom is -0.398 e. The molecule has 16 heavy (non-hydrogen) atoms. The molecule has 7 heteroatoms. The molecule has 0 spiro atoms. The van der Waals surface area contributed by atoms with E-state index in [0.29, 0.717) is 5.02 Å². The quantitative estimate of drug-likeness (QED) is 0.694. The first-order chi connectivity index (χ1) is 7.33. The lowest BCUT2D eigenvalue weighted by molar-refractivity contribution is 0.198. The van der Waals surface area contributed by atoms with Gasteiger partial charge in [0.1, 0.15) is 4.90 Å². The number of aliphatic hydroxyl groups is 1. The predicted octanol–water partition coefficient (Wildman–Crippen LogP) is 0.581. The summed E-state index contributed by atoms with van der Waals surface area (Å²) >= 11 is 5.66. The SMILES string of the molecule is C[C@H](O)CNS(=O)(=O)c1ccc(Cl)cc1N. The molecule has 0 radical (unpaired) electrons. The number of nitrogens with two attached hydrogens (primary N) is 1. The van der Waals surface area contributed by atoms with Crippen LogP contribution in [0.25, 0.3) is 0 Å². The summed E-state index contributed by atoms with van der Waals surface area (Å²) in [5.41, 5.74) is 5.62. The van der Waals surface area contributed by atoms with Crippen molar-refractivity contribution >= 4 is 27.3 Å². The highest BCUT2D eigenvalue weighted by molar-refractivity contribution is 7.89. The summed E-state index contributed by atoms with van der Waals surface area (Å²) in [6.45, 7) is 1.41. The molecular weight excluding hydrogens is 252 g/mol. The zero-order chi connectivity index (χ0) is 12.3. The van der Waals surface area contributed by atoms with Gasteiger partial charge >= 0.3 is 0 Å². The molecule has 5 nitrogen and oxygen atoms in total. The topological polar surface area (TPSA) is 92.4 Å². The number of anilines is 1. The first kappa shape index (κ1) is 13.2. The van der Waals surface area contributed by atoms with Crippen LogP contribution in [0.15, 0.2) is 23.1 Å². The molecule has 0 bridgehead atoms. The lowest BCUT2D eigenvalue weighted by Crippen LogP contribution is -2.31. The Morgan fingerprint density at radius 3 is 2.69 bits per heavy atom. The van der Waals surface area contributed by atoms with Gasteiger partial charge in [0.25, 0.3) is 0 Å². The van der Waals surface area contributed by atoms with E-state index < -0.39 is 16.1 Å². The Balaban J connectivity index is 2.99. The van der Waals surface area contributed by atoms with Crippen molar-refractivity contribution in [2.24, 2.45) is 0 Å². The van der Waals surface area contributed by atoms with Crippen molar-refractivity contribution in [3.05, 3.63) is 23.2 Å². The van der Waals surface area contributed by atoms with E-state index in [2.05, 4.69) is 4.72 Å². The number of hydrogen-bond acceptors (Lipinski definition) is 4. The number of aliphatic hydroxyl groups excluding tert-OH is 1. The molecule has 0 aliphatic heterocycles. The molecule has 0 fully saturated rings. The number of rotatable bonds is 4. The third-order valence-electron chi connectivity index (χ3n) is 1.83. The zero-order valence-corrected chi connectivity index (χ0v) is 10.2. The number of hydrogen-bond donors (Lipinski definition) is 3. The maximum atomic E-state index is 11.7. The minimum atomic E-state index is -3.70. The summed E-state index contributed by atoms with van der Waals surface area (Å²) in [6.07, 6.45) is -0.761. The smallest absolute Gasteiger partial charge is 0.242 e. The van der Waals surface area contributed by atoms with Crippen molar-refractivity contribution < 1.29 is 13.5 Å². The van der Waals surface area contributed by atoms with Crippen LogP contribution in [-0.2, 0) is 10.0 Å². The Bertz CT molecular complexity index is 474. The summed E-state index contributed by atoms with van der Waals surface area (Å²) in [5, 5.41) is 9.36. The van der Waals surface area contributed by atoms with Crippen LogP contribution in [0.3, 0.4) is 0 Å². The van der Waals surface area contributed by atoms with E-state index in [0.717, 1.165) is 0 Å². The predicted molar refractivity (Wildman–Crippen MR) is 62.7 cm³/mol. The fourth-order valence-electron chi connectivity index (χ4n) is 1.07. The summed E-state index contributed by atoms with van der Waals surface area (Å²) in [7, 11) is -3.70. The van der Waals surface area contributed by atoms with E-state index in [1.54, 1.807) is 0 Å². The Hall–Kier alpha value is -0.820. The Morgan fingerprint density at radius 1 is 1.56 bits per heavy atom. The first-order valence-electron chi connectivity index (χ1n) is 4.55. The second-order valence-corrected chi connectivity index (χ2v) is 5.55. The van der Waals surface area contributed by atoms with Gasteiger partial charge in [-0.2, -0.15) is 0 Å². The van der Waals surface area contributed by atoms with Gasteiger partial charge in [-0.15, -0.1) is 0 Å². The maximum Gasteiger partial charge on any atom is 0.242 e. The summed E-state index contributed by atoms with van der Waals surface area (Å²) in [6, 6.07) is 4.12. The average Bonchev–Trinajstić information content (AvgIpc) is 2.14. The molecule has 0 saturated carbocycles. The molecule has 0 amide bonds. The van der Waals surface area contributed by atoms with Crippen molar-refractivity contribution in [1.82, 2.24) is 4.72 Å². The molecular formula is C9H13ClN2O3S. The van der Waals surface area contributed by atoms with Gasteiger partial charge in [0.05, 0.1) is 11.8 Å². The molecule has 1 aromatic carbocycles. The van der Waals surface area contributed by atoms with Crippen LogP contribution in [0.4, 0.5) is 5.69 Å². The highest BCUT2D eigenvalue weighted by Gasteiger charge is 2.17. The normalized spacial score (nSPS) is 13.7. The highest BCUT2D eigenvalue weighted by Crippen LogP contribution is 2.21. The van der Waals surface area contributed by atoms with E-state index in [-0.39, 0.29) is 17.1 Å². The molecule has 0 saturated heterocycles. The van der Waals surface area contributed by atoms with Gasteiger partial charge in [-0.05, 0) is 25.1 Å². The fourth-order valence-corrected chi connectivity index (χ4v) is 2.49. The van der Waals surface area contributed by atoms with Gasteiger partial charge in [0.15, 0.2) is 0 Å². The van der Waals surface area contributed by atoms with E-state index in [1.807, 2.05) is 0 Å². The number of benzene rings is 1. The summed E-state index contributed by atoms with van der Waals surface area (Å²) in [5.74, 6) is 0. The van der Waals surface area contributed by atoms with E-state index in [9.17, 15) is 8.42 Å². The van der Waals surface area contributed by atoms with Crippen LogP contribution < -0.4 is 10.5 Å². The summed E-state index contributed by atoms with van der Waals surface area (Å²) < 4.78 is 25.7. The van der Waals surface area contributed by atoms with Crippen molar-refractivity contribution in [2.45, 2.75) is 17.9 Å². The Kier molecular flexibility index (Phi) is 4.15. The molecule has 0 aliphatic rings. The van der Waals surface area contributed by atoms with Crippen LogP contribution in [0.2, 0.25) is 5.02 Å². The monoisotopic (exact) mass is 264 g/mol. The molecule has 90 valence electrons. The number of nitrogens with one attached hydrogen (secondary N) is 1. The van der Waals surface area contributed by atoms with Crippen molar-refractivity contribution in [1.29, 1.82) is 0 Å². The van der Waals surface area contributed by atoms with Gasteiger partial charge in [-0.3, -0.25) is 0 Å². The second kappa shape index (κ2) is 5.01. The van der Waals surface area contributed by atoms with Crippen molar-refractivity contribution in [3.63, 3.8) is 0 Å². The highest BCUT2D eigenvalue weighted by atomic mass is 35.5. The van der Waals surface area contributed by atoms with Gasteiger partial charge in [0.2, 0.25) is 10.0 Å². The molecule has 1 rings (SSSR count). The van der Waals surface area contributed by atoms with Gasteiger partial charge in [-0.25, -0.2) is 13.1 Å². The zero-order valence-electron chi connectivity index (χ0n) is 8.64. The fraction of sp³-hybridized carbons (Fsp3) is 0.333. The molecule has 4 N–H and O–H groups in total. The number of sulfonamides is 1. The standard InChI is InChI=1S/C9H13ClN2O3S/c1-6(13)5-12-16(14,15)9-3-2-7(10)4-8(9)11/h2-4,6,12-13H,5,11H2,1H3/t6-/m0/s1. The Labute approximate surface area is 99.3 Å². The van der Waals surface area contributed by atoms with Gasteiger partial charge in [-0.1, -0.05) is 11.6 Å². The third kappa shape index (κ3) is 3.34. The van der Waals surface area contributed by atoms with Crippen LogP contribution in [0.1, 0.15) is 6.92 Å². The molecule has 0 unspecified atom stereocenters. The number of halogens is 1. The lowest BCUT2D eigenvalue weighted by Gasteiger charge is -2.10. The average molecular weight is 265 g/mol. The number of nitrogen functional groups attached to an aromatic ring is 1. The molecule has 1 atom stereocenters. The third-order valence-corrected chi connectivity index (χ3v) is 3.56. The lowest BCUT2D eigenvalue weighted by atomic mass is 10.3. The van der Waals surface area contributed by atoms with Gasteiger partial charge < -0.3 is 10.8 Å². The molecule has 0 heterocycles. The summed E-state index contributed by atoms with van der Waals surface area (Å²) in [4.78, 5) is -0.0439. The molecule has 0 aromatic heterocycles. The minimum absolute atomic E-state index is 0.0439. The molecule has 0 aliphatic carbocycles. The molecule has 1 aromatic rings. The van der Waals surface area contributed by atoms with Crippen LogP contribution >= 0.6 is 11.6 Å². The van der Waals surface area contributed by atoms with E-state index >= 15 is 0 Å². The Morgan fingerprint density at radius 2 is 2.19 bits per heavy atom. The van der Waals surface area contributed by atoms with Crippen molar-refractivity contribution in [2.75, 3.05) is 12.3 Å². The first-order valence-corrected chi connectivity index (χ1v) is 6.42. The van der Waals surface area contributed by atoms with Crippen molar-refractivity contribution in [3.8, 4) is 0 Å². The van der Waals surface area contributed by atoms with Crippen LogP contribution in [-0.4, -0.2) is 26.2 Å². The van der Waals surface area contributed by atoms with E-state index in [1.165, 1.54) is 25.1 Å². The van der Waals surface area contributed by atoms with Crippen LogP contribution in [0.5, 0.6) is 0 Å². The maximum absolute atomic E-state index is 11.7. The van der Waals surface area contributed by atoms with Crippen LogP contribution in [0, 0.1) is 0 Å². The largest absolute Gasteiger partial charge is 0.398 e. The second-order valence-electron chi connectivity index (χ2n) is 3.38.